The fraction of sp³-hybridized carbons (Fsp3) is 0.556. The summed E-state index contributed by atoms with van der Waals surface area (Å²) in [5, 5.41) is 8.61. The van der Waals surface area contributed by atoms with Gasteiger partial charge in [-0.2, -0.15) is 9.13 Å². The number of rotatable bonds is 4. The lowest BCUT2D eigenvalue weighted by atomic mass is 10.4. The molecule has 0 atom stereocenters. The first-order chi connectivity index (χ1) is 5.86. The lowest BCUT2D eigenvalue weighted by Gasteiger charge is -1.92. The Morgan fingerprint density at radius 2 is 1.67 bits per heavy atom. The molecule has 0 saturated heterocycles. The Labute approximate surface area is 72.9 Å². The van der Waals surface area contributed by atoms with Gasteiger partial charge in [0, 0.05) is 13.0 Å². The maximum atomic E-state index is 8.61. The first-order valence-electron chi connectivity index (χ1n) is 4.36. The molecule has 12 heavy (non-hydrogen) atoms. The van der Waals surface area contributed by atoms with E-state index in [2.05, 4.69) is 16.1 Å². The molecule has 1 aromatic rings. The Balaban J connectivity index is 2.53. The molecule has 0 aliphatic rings. The number of aliphatic hydroxyl groups excluding tert-OH is 1. The summed E-state index contributed by atoms with van der Waals surface area (Å²) in [4.78, 5) is 0. The number of nitrogens with zero attached hydrogens (tertiary/aromatic N) is 2. The Morgan fingerprint density at radius 1 is 1.08 bits per heavy atom. The van der Waals surface area contributed by atoms with E-state index in [-0.39, 0.29) is 6.61 Å². The van der Waals surface area contributed by atoms with Crippen molar-refractivity contribution in [3.63, 3.8) is 0 Å². The second-order valence-corrected chi connectivity index (χ2v) is 2.74. The highest BCUT2D eigenvalue weighted by molar-refractivity contribution is 4.52. The van der Waals surface area contributed by atoms with Crippen molar-refractivity contribution in [2.24, 2.45) is 0 Å². The summed E-state index contributed by atoms with van der Waals surface area (Å²) in [6.45, 7) is 4.26. The third-order valence-corrected chi connectivity index (χ3v) is 1.84. The van der Waals surface area contributed by atoms with Crippen molar-refractivity contribution in [2.75, 3.05) is 6.61 Å². The fourth-order valence-electron chi connectivity index (χ4n) is 1.06. The monoisotopic (exact) mass is 168 g/mol. The van der Waals surface area contributed by atoms with Crippen molar-refractivity contribution in [3.05, 3.63) is 24.8 Å². The van der Waals surface area contributed by atoms with Gasteiger partial charge in [0.05, 0.1) is 0 Å². The molecule has 3 nitrogen and oxygen atoms in total. The van der Waals surface area contributed by atoms with Gasteiger partial charge in [-0.15, -0.1) is 0 Å². The van der Waals surface area contributed by atoms with Crippen molar-refractivity contribution >= 4 is 0 Å². The van der Waals surface area contributed by atoms with Crippen LogP contribution in [0.4, 0.5) is 0 Å². The zero-order valence-corrected chi connectivity index (χ0v) is 7.48. The minimum atomic E-state index is 0.260. The Bertz CT molecular complexity index is 220. The quantitative estimate of drug-likeness (QED) is 0.612. The van der Waals surface area contributed by atoms with E-state index in [0.717, 1.165) is 19.5 Å². The van der Waals surface area contributed by atoms with Gasteiger partial charge in [-0.05, 0) is 6.92 Å². The number of hydrogen-bond acceptors (Lipinski definition) is 1. The molecule has 3 heteroatoms. The van der Waals surface area contributed by atoms with Crippen LogP contribution in [-0.2, 0) is 13.1 Å². The summed E-state index contributed by atoms with van der Waals surface area (Å²) in [7, 11) is 0. The summed E-state index contributed by atoms with van der Waals surface area (Å²) >= 11 is 0. The minimum absolute atomic E-state index is 0.260. The Kier molecular flexibility index (Phi) is 3.67. The molecule has 0 aliphatic carbocycles. The summed E-state index contributed by atoms with van der Waals surface area (Å²) in [6.07, 6.45) is 8.95. The van der Waals surface area contributed by atoms with Crippen LogP contribution in [0.2, 0.25) is 0 Å². The molecule has 66 valence electrons. The van der Waals surface area contributed by atoms with E-state index in [0.29, 0.717) is 0 Å². The van der Waals surface area contributed by atoms with Crippen LogP contribution in [-0.4, -0.2) is 11.7 Å². The highest BCUT2D eigenvalue weighted by Crippen LogP contribution is 1.76. The van der Waals surface area contributed by atoms with Crippen molar-refractivity contribution in [1.29, 1.82) is 0 Å². The van der Waals surface area contributed by atoms with E-state index >= 15 is 0 Å². The Hall–Kier alpha value is -0.960. The second-order valence-electron chi connectivity index (χ2n) is 2.74. The molecule has 1 aromatic heterocycles. The van der Waals surface area contributed by atoms with Gasteiger partial charge in [0.15, 0.2) is 6.54 Å². The highest BCUT2D eigenvalue weighted by atomic mass is 16.3. The van der Waals surface area contributed by atoms with E-state index in [9.17, 15) is 0 Å². The molecular formula is C9H16N2O+2. The van der Waals surface area contributed by atoms with Gasteiger partial charge in [0.25, 0.3) is 0 Å². The molecule has 0 aromatic carbocycles. The highest BCUT2D eigenvalue weighted by Gasteiger charge is 2.02. The standard InChI is InChI=1S/C9H16N2O/c1-2-10-5-7-11(8-6-10)4-3-9-12/h5-8,12H,2-4,9H2,1H3/q+2. The molecule has 1 rings (SSSR count). The second kappa shape index (κ2) is 4.83. The average Bonchev–Trinajstić information content (AvgIpc) is 2.15. The van der Waals surface area contributed by atoms with E-state index in [4.69, 9.17) is 5.11 Å². The molecule has 0 fully saturated rings. The predicted molar refractivity (Wildman–Crippen MR) is 44.2 cm³/mol. The maximum Gasteiger partial charge on any atom is 0.233 e. The molecule has 0 radical (unpaired) electrons. The minimum Gasteiger partial charge on any atom is -0.396 e. The lowest BCUT2D eigenvalue weighted by Crippen LogP contribution is -2.41. The van der Waals surface area contributed by atoms with Gasteiger partial charge in [0.2, 0.25) is 24.8 Å². The van der Waals surface area contributed by atoms with Crippen LogP contribution < -0.4 is 9.13 Å². The third kappa shape index (κ3) is 2.58. The molecule has 0 spiro atoms. The van der Waals surface area contributed by atoms with Gasteiger partial charge in [-0.1, -0.05) is 0 Å². The van der Waals surface area contributed by atoms with E-state index in [1.54, 1.807) is 0 Å². The Morgan fingerprint density at radius 3 is 2.17 bits per heavy atom. The van der Waals surface area contributed by atoms with Gasteiger partial charge < -0.3 is 5.11 Å². The molecule has 0 aliphatic heterocycles. The van der Waals surface area contributed by atoms with Crippen LogP contribution in [0.3, 0.4) is 0 Å². The van der Waals surface area contributed by atoms with Gasteiger partial charge in [0.1, 0.15) is 6.54 Å². The summed E-state index contributed by atoms with van der Waals surface area (Å²) in [5.41, 5.74) is 0. The first kappa shape index (κ1) is 9.13. The molecule has 0 bridgehead atoms. The van der Waals surface area contributed by atoms with E-state index in [1.807, 2.05) is 24.8 Å². The lowest BCUT2D eigenvalue weighted by molar-refractivity contribution is -0.749. The summed E-state index contributed by atoms with van der Waals surface area (Å²) in [6, 6.07) is 0. The van der Waals surface area contributed by atoms with Crippen molar-refractivity contribution in [3.8, 4) is 0 Å². The van der Waals surface area contributed by atoms with Gasteiger partial charge >= 0.3 is 0 Å². The SMILES string of the molecule is CC[n+]1cc[n+](CCCO)cc1. The number of aromatic nitrogens is 2. The number of hydrogen-bond donors (Lipinski definition) is 1. The molecule has 1 N–H and O–H groups in total. The van der Waals surface area contributed by atoms with Crippen molar-refractivity contribution < 1.29 is 14.2 Å². The van der Waals surface area contributed by atoms with Crippen molar-refractivity contribution in [2.45, 2.75) is 26.4 Å². The maximum absolute atomic E-state index is 8.61. The number of aryl methyl sites for hydroxylation is 2. The molecule has 1 heterocycles. The predicted octanol–water partition coefficient (Wildman–Crippen LogP) is -0.336. The number of aliphatic hydroxyl groups is 1. The smallest absolute Gasteiger partial charge is 0.233 e. The topological polar surface area (TPSA) is 28.0 Å². The zero-order valence-electron chi connectivity index (χ0n) is 7.48. The van der Waals surface area contributed by atoms with Crippen LogP contribution in [0.5, 0.6) is 0 Å². The van der Waals surface area contributed by atoms with Crippen LogP contribution in [0, 0.1) is 0 Å². The van der Waals surface area contributed by atoms with Crippen LogP contribution >= 0.6 is 0 Å². The van der Waals surface area contributed by atoms with Gasteiger partial charge in [-0.3, -0.25) is 0 Å². The average molecular weight is 168 g/mol. The van der Waals surface area contributed by atoms with Crippen molar-refractivity contribution in [1.82, 2.24) is 0 Å². The van der Waals surface area contributed by atoms with Crippen LogP contribution in [0.25, 0.3) is 0 Å². The first-order valence-corrected chi connectivity index (χ1v) is 4.36. The third-order valence-electron chi connectivity index (χ3n) is 1.84. The summed E-state index contributed by atoms with van der Waals surface area (Å²) in [5.74, 6) is 0. The normalized spacial score (nSPS) is 10.2. The van der Waals surface area contributed by atoms with Gasteiger partial charge in [-0.25, -0.2) is 0 Å². The van der Waals surface area contributed by atoms with E-state index in [1.165, 1.54) is 0 Å². The van der Waals surface area contributed by atoms with Crippen LogP contribution in [0.1, 0.15) is 13.3 Å². The van der Waals surface area contributed by atoms with Crippen LogP contribution in [0.15, 0.2) is 24.8 Å². The molecule has 0 amide bonds. The largest absolute Gasteiger partial charge is 0.396 e. The molecular weight excluding hydrogens is 152 g/mol. The van der Waals surface area contributed by atoms with E-state index < -0.39 is 0 Å². The molecule has 0 unspecified atom stereocenters. The zero-order chi connectivity index (χ0) is 8.81. The summed E-state index contributed by atoms with van der Waals surface area (Å²) < 4.78 is 4.18. The fourth-order valence-corrected chi connectivity index (χ4v) is 1.06. The molecule has 0 saturated carbocycles.